The molecule has 0 aliphatic carbocycles. The van der Waals surface area contributed by atoms with Gasteiger partial charge in [0.1, 0.15) is 0 Å². The Morgan fingerprint density at radius 2 is 1.74 bits per heavy atom. The molecule has 0 amide bonds. The summed E-state index contributed by atoms with van der Waals surface area (Å²) in [5.41, 5.74) is 2.68. The zero-order chi connectivity index (χ0) is 16.6. The maximum atomic E-state index is 2.54. The molecule has 2 aromatic carbocycles. The molecule has 0 unspecified atom stereocenters. The van der Waals surface area contributed by atoms with Crippen molar-refractivity contribution in [2.24, 2.45) is 0 Å². The largest absolute Gasteiger partial charge is 0.332 e. The standard InChI is InChI=1S/C19H24N2S2/c1-19(2,13-20(3)4)21-14-9-6-7-10-15(14)23-17-12-8-11-16(22-5)18(17)21/h6-12H,13H2,1-5H3. The molecule has 3 rings (SSSR count). The number of thioether (sulfide) groups is 1. The Morgan fingerprint density at radius 3 is 2.43 bits per heavy atom. The Bertz CT molecular complexity index is 710. The smallest absolute Gasteiger partial charge is 0.0696 e. The molecule has 1 aliphatic rings. The van der Waals surface area contributed by atoms with Crippen molar-refractivity contribution in [2.45, 2.75) is 34.1 Å². The normalized spacial score (nSPS) is 13.9. The first-order valence-electron chi connectivity index (χ1n) is 7.83. The highest BCUT2D eigenvalue weighted by Crippen LogP contribution is 2.53. The van der Waals surface area contributed by atoms with Crippen molar-refractivity contribution in [3.63, 3.8) is 0 Å². The van der Waals surface area contributed by atoms with E-state index in [-0.39, 0.29) is 5.54 Å². The van der Waals surface area contributed by atoms with Gasteiger partial charge >= 0.3 is 0 Å². The number of hydrogen-bond donors (Lipinski definition) is 0. The second kappa shape index (κ2) is 6.42. The molecule has 0 spiro atoms. The van der Waals surface area contributed by atoms with Crippen LogP contribution < -0.4 is 4.90 Å². The quantitative estimate of drug-likeness (QED) is 0.689. The van der Waals surface area contributed by atoms with E-state index >= 15 is 0 Å². The fourth-order valence-electron chi connectivity index (χ4n) is 3.41. The second-order valence-electron chi connectivity index (χ2n) is 6.76. The minimum atomic E-state index is 0.00116. The van der Waals surface area contributed by atoms with Crippen LogP contribution in [0.2, 0.25) is 0 Å². The molecule has 2 aromatic rings. The molecule has 0 radical (unpaired) electrons. The van der Waals surface area contributed by atoms with Crippen LogP contribution in [0.15, 0.2) is 57.2 Å². The molecule has 0 atom stereocenters. The van der Waals surface area contributed by atoms with E-state index in [0.29, 0.717) is 0 Å². The summed E-state index contributed by atoms with van der Waals surface area (Å²) in [4.78, 5) is 8.84. The highest BCUT2D eigenvalue weighted by Gasteiger charge is 2.36. The first-order chi connectivity index (χ1) is 10.9. The predicted octanol–water partition coefficient (Wildman–Crippen LogP) is 5.35. The van der Waals surface area contributed by atoms with Gasteiger partial charge in [0, 0.05) is 21.2 Å². The van der Waals surface area contributed by atoms with Crippen LogP contribution in [0.3, 0.4) is 0 Å². The highest BCUT2D eigenvalue weighted by molar-refractivity contribution is 8.00. The third-order valence-electron chi connectivity index (χ3n) is 4.04. The zero-order valence-corrected chi connectivity index (χ0v) is 16.1. The monoisotopic (exact) mass is 344 g/mol. The summed E-state index contributed by atoms with van der Waals surface area (Å²) in [6, 6.07) is 15.4. The maximum Gasteiger partial charge on any atom is 0.0696 e. The van der Waals surface area contributed by atoms with E-state index in [0.717, 1.165) is 6.54 Å². The maximum absolute atomic E-state index is 2.54. The molecule has 1 heterocycles. The molecule has 122 valence electrons. The van der Waals surface area contributed by atoms with Gasteiger partial charge in [0.05, 0.1) is 16.9 Å². The predicted molar refractivity (Wildman–Crippen MR) is 104 cm³/mol. The first-order valence-corrected chi connectivity index (χ1v) is 9.87. The molecular formula is C19H24N2S2. The number of fused-ring (bicyclic) bond motifs is 2. The van der Waals surface area contributed by atoms with E-state index in [1.165, 1.54) is 26.1 Å². The van der Waals surface area contributed by atoms with Gasteiger partial charge in [-0.25, -0.2) is 0 Å². The number of para-hydroxylation sites is 2. The fourth-order valence-corrected chi connectivity index (χ4v) is 5.18. The van der Waals surface area contributed by atoms with Gasteiger partial charge in [-0.05, 0) is 58.5 Å². The summed E-state index contributed by atoms with van der Waals surface area (Å²) >= 11 is 3.71. The third kappa shape index (κ3) is 3.12. The van der Waals surface area contributed by atoms with Crippen molar-refractivity contribution in [1.82, 2.24) is 4.90 Å². The van der Waals surface area contributed by atoms with Gasteiger partial charge in [-0.2, -0.15) is 0 Å². The van der Waals surface area contributed by atoms with Crippen molar-refractivity contribution in [2.75, 3.05) is 31.8 Å². The second-order valence-corrected chi connectivity index (χ2v) is 8.69. The Kier molecular flexibility index (Phi) is 4.68. The lowest BCUT2D eigenvalue weighted by Gasteiger charge is -2.46. The minimum absolute atomic E-state index is 0.00116. The highest BCUT2D eigenvalue weighted by atomic mass is 32.2. The van der Waals surface area contributed by atoms with Crippen LogP contribution in [0.1, 0.15) is 13.8 Å². The molecule has 0 bridgehead atoms. The van der Waals surface area contributed by atoms with Crippen LogP contribution in [-0.2, 0) is 0 Å². The van der Waals surface area contributed by atoms with Crippen molar-refractivity contribution in [1.29, 1.82) is 0 Å². The van der Waals surface area contributed by atoms with E-state index in [9.17, 15) is 0 Å². The molecule has 2 nitrogen and oxygen atoms in total. The van der Waals surface area contributed by atoms with Gasteiger partial charge in [-0.3, -0.25) is 0 Å². The van der Waals surface area contributed by atoms with Gasteiger partial charge in [-0.15, -0.1) is 11.8 Å². The Hall–Kier alpha value is -1.10. The zero-order valence-electron chi connectivity index (χ0n) is 14.5. The summed E-state index contributed by atoms with van der Waals surface area (Å²) in [5.74, 6) is 0. The van der Waals surface area contributed by atoms with Gasteiger partial charge in [0.25, 0.3) is 0 Å². The molecule has 0 saturated carbocycles. The minimum Gasteiger partial charge on any atom is -0.332 e. The lowest BCUT2D eigenvalue weighted by molar-refractivity contribution is 0.313. The first kappa shape index (κ1) is 16.7. The number of likely N-dealkylation sites (N-methyl/N-ethyl adjacent to an activating group) is 1. The summed E-state index contributed by atoms with van der Waals surface area (Å²) in [6.07, 6.45) is 2.16. The number of hydrogen-bond acceptors (Lipinski definition) is 4. The SMILES string of the molecule is CSc1cccc2c1N(C(C)(C)CN(C)C)c1ccccc1S2. The summed E-state index contributed by atoms with van der Waals surface area (Å²) in [7, 11) is 4.29. The number of benzene rings is 2. The molecular weight excluding hydrogens is 320 g/mol. The fraction of sp³-hybridized carbons (Fsp3) is 0.368. The lowest BCUT2D eigenvalue weighted by atomic mass is 9.99. The van der Waals surface area contributed by atoms with E-state index in [4.69, 9.17) is 0 Å². The van der Waals surface area contributed by atoms with Crippen LogP contribution in [0.4, 0.5) is 11.4 Å². The van der Waals surface area contributed by atoms with Crippen LogP contribution in [0.5, 0.6) is 0 Å². The van der Waals surface area contributed by atoms with E-state index in [1.54, 1.807) is 0 Å². The average Bonchev–Trinajstić information content (AvgIpc) is 2.50. The number of anilines is 2. The topological polar surface area (TPSA) is 6.48 Å². The molecule has 0 aromatic heterocycles. The Labute approximate surface area is 148 Å². The van der Waals surface area contributed by atoms with E-state index in [1.807, 2.05) is 23.5 Å². The summed E-state index contributed by atoms with van der Waals surface area (Å²) in [5, 5.41) is 0. The van der Waals surface area contributed by atoms with Gasteiger partial charge in [0.2, 0.25) is 0 Å². The van der Waals surface area contributed by atoms with Crippen molar-refractivity contribution >= 4 is 34.9 Å². The number of nitrogens with zero attached hydrogens (tertiary/aromatic N) is 2. The third-order valence-corrected chi connectivity index (χ3v) is 5.92. The molecule has 0 fully saturated rings. The molecule has 4 heteroatoms. The van der Waals surface area contributed by atoms with Crippen LogP contribution in [-0.4, -0.2) is 37.3 Å². The van der Waals surface area contributed by atoms with Crippen molar-refractivity contribution in [3.8, 4) is 0 Å². The van der Waals surface area contributed by atoms with Crippen molar-refractivity contribution < 1.29 is 0 Å². The van der Waals surface area contributed by atoms with Gasteiger partial charge in [0.15, 0.2) is 0 Å². The summed E-state index contributed by atoms with van der Waals surface area (Å²) < 4.78 is 0. The molecule has 1 aliphatic heterocycles. The summed E-state index contributed by atoms with van der Waals surface area (Å²) in [6.45, 7) is 5.66. The molecule has 0 N–H and O–H groups in total. The molecule has 23 heavy (non-hydrogen) atoms. The Balaban J connectivity index is 2.21. The average molecular weight is 345 g/mol. The van der Waals surface area contributed by atoms with Crippen LogP contribution in [0.25, 0.3) is 0 Å². The van der Waals surface area contributed by atoms with Crippen molar-refractivity contribution in [3.05, 3.63) is 42.5 Å². The van der Waals surface area contributed by atoms with Gasteiger partial charge in [-0.1, -0.05) is 30.0 Å². The Morgan fingerprint density at radius 1 is 1.04 bits per heavy atom. The van der Waals surface area contributed by atoms with E-state index in [2.05, 4.69) is 86.5 Å². The van der Waals surface area contributed by atoms with Crippen LogP contribution >= 0.6 is 23.5 Å². The molecule has 0 saturated heterocycles. The van der Waals surface area contributed by atoms with Gasteiger partial charge < -0.3 is 9.80 Å². The number of rotatable bonds is 4. The lowest BCUT2D eigenvalue weighted by Crippen LogP contribution is -2.49. The van der Waals surface area contributed by atoms with Crippen LogP contribution in [0, 0.1) is 0 Å². The van der Waals surface area contributed by atoms with E-state index < -0.39 is 0 Å².